The van der Waals surface area contributed by atoms with Crippen molar-refractivity contribution in [2.45, 2.75) is 31.1 Å². The van der Waals surface area contributed by atoms with Crippen LogP contribution >= 0.6 is 0 Å². The van der Waals surface area contributed by atoms with E-state index >= 15 is 0 Å². The van der Waals surface area contributed by atoms with E-state index in [1.807, 2.05) is 0 Å². The standard InChI is InChI=1S/C15H17F3N4/c1-21-13(19-11-20-21)10-22-9-5-8-14(22,15(16,17)18)12-6-3-2-4-7-12/h2-4,6-7,11H,5,8-10H2,1H3. The van der Waals surface area contributed by atoms with Gasteiger partial charge in [0.05, 0.1) is 6.54 Å². The Kier molecular flexibility index (Phi) is 3.68. The molecule has 0 saturated carbocycles. The van der Waals surface area contributed by atoms with Crippen LogP contribution in [-0.4, -0.2) is 32.4 Å². The van der Waals surface area contributed by atoms with Crippen molar-refractivity contribution in [3.05, 3.63) is 48.0 Å². The van der Waals surface area contributed by atoms with E-state index in [1.54, 1.807) is 37.4 Å². The molecule has 0 N–H and O–H groups in total. The number of aromatic nitrogens is 3. The maximum atomic E-state index is 14.0. The van der Waals surface area contributed by atoms with Gasteiger partial charge in [-0.05, 0) is 24.9 Å². The number of benzene rings is 1. The number of rotatable bonds is 3. The van der Waals surface area contributed by atoms with E-state index in [0.29, 0.717) is 24.4 Å². The fraction of sp³-hybridized carbons (Fsp3) is 0.467. The Morgan fingerprint density at radius 2 is 1.95 bits per heavy atom. The van der Waals surface area contributed by atoms with Crippen LogP contribution in [0.25, 0.3) is 0 Å². The Balaban J connectivity index is 2.03. The molecule has 0 bridgehead atoms. The van der Waals surface area contributed by atoms with Gasteiger partial charge in [-0.15, -0.1) is 0 Å². The molecule has 1 aliphatic rings. The summed E-state index contributed by atoms with van der Waals surface area (Å²) < 4.78 is 43.5. The molecule has 7 heteroatoms. The summed E-state index contributed by atoms with van der Waals surface area (Å²) in [5.41, 5.74) is -1.65. The van der Waals surface area contributed by atoms with Gasteiger partial charge in [0.2, 0.25) is 0 Å². The molecule has 2 aromatic rings. The van der Waals surface area contributed by atoms with Gasteiger partial charge in [0.15, 0.2) is 0 Å². The summed E-state index contributed by atoms with van der Waals surface area (Å²) in [4.78, 5) is 5.54. The first kappa shape index (κ1) is 15.0. The summed E-state index contributed by atoms with van der Waals surface area (Å²) >= 11 is 0. The summed E-state index contributed by atoms with van der Waals surface area (Å²) in [5.74, 6) is 0.534. The molecule has 1 saturated heterocycles. The molecule has 118 valence electrons. The van der Waals surface area contributed by atoms with E-state index in [9.17, 15) is 13.2 Å². The first-order chi connectivity index (χ1) is 10.4. The van der Waals surface area contributed by atoms with Gasteiger partial charge in [-0.1, -0.05) is 30.3 Å². The van der Waals surface area contributed by atoms with E-state index in [0.717, 1.165) is 0 Å². The zero-order valence-electron chi connectivity index (χ0n) is 12.2. The zero-order chi connectivity index (χ0) is 15.8. The fourth-order valence-electron chi connectivity index (χ4n) is 3.25. The molecule has 0 radical (unpaired) electrons. The Labute approximate surface area is 126 Å². The average molecular weight is 310 g/mol. The van der Waals surface area contributed by atoms with Gasteiger partial charge < -0.3 is 0 Å². The lowest BCUT2D eigenvalue weighted by molar-refractivity contribution is -0.231. The lowest BCUT2D eigenvalue weighted by atomic mass is 9.86. The van der Waals surface area contributed by atoms with Crippen LogP contribution in [0.4, 0.5) is 13.2 Å². The molecule has 0 spiro atoms. The van der Waals surface area contributed by atoms with Crippen molar-refractivity contribution in [2.75, 3.05) is 6.54 Å². The Morgan fingerprint density at radius 3 is 2.55 bits per heavy atom. The van der Waals surface area contributed by atoms with Crippen LogP contribution in [-0.2, 0) is 19.1 Å². The SMILES string of the molecule is Cn1ncnc1CN1CCCC1(c1ccccc1)C(F)(F)F. The monoisotopic (exact) mass is 310 g/mol. The minimum absolute atomic E-state index is 0.0678. The van der Waals surface area contributed by atoms with E-state index in [1.165, 1.54) is 15.9 Å². The molecule has 3 rings (SSSR count). The van der Waals surface area contributed by atoms with Crippen LogP contribution in [0.1, 0.15) is 24.2 Å². The van der Waals surface area contributed by atoms with E-state index in [4.69, 9.17) is 0 Å². The maximum Gasteiger partial charge on any atom is 0.411 e. The van der Waals surface area contributed by atoms with E-state index in [2.05, 4.69) is 10.1 Å². The number of likely N-dealkylation sites (tertiary alicyclic amines) is 1. The molecule has 22 heavy (non-hydrogen) atoms. The third-order valence-corrected chi connectivity index (χ3v) is 4.36. The van der Waals surface area contributed by atoms with Crippen molar-refractivity contribution < 1.29 is 13.2 Å². The quantitative estimate of drug-likeness (QED) is 0.874. The molecular weight excluding hydrogens is 293 g/mol. The maximum absolute atomic E-state index is 14.0. The van der Waals surface area contributed by atoms with Gasteiger partial charge in [0.1, 0.15) is 17.7 Å². The number of nitrogens with zero attached hydrogens (tertiary/aromatic N) is 4. The van der Waals surface area contributed by atoms with Crippen LogP contribution < -0.4 is 0 Å². The van der Waals surface area contributed by atoms with Gasteiger partial charge in [0.25, 0.3) is 0 Å². The summed E-state index contributed by atoms with van der Waals surface area (Å²) in [6.07, 6.45) is -2.41. The van der Waals surface area contributed by atoms with Gasteiger partial charge in [0, 0.05) is 7.05 Å². The Morgan fingerprint density at radius 1 is 1.23 bits per heavy atom. The summed E-state index contributed by atoms with van der Waals surface area (Å²) in [7, 11) is 1.69. The van der Waals surface area contributed by atoms with Crippen molar-refractivity contribution in [1.29, 1.82) is 0 Å². The molecular formula is C15H17F3N4. The number of hydrogen-bond acceptors (Lipinski definition) is 3. The van der Waals surface area contributed by atoms with Crippen LogP contribution in [0.3, 0.4) is 0 Å². The fourth-order valence-corrected chi connectivity index (χ4v) is 3.25. The highest BCUT2D eigenvalue weighted by molar-refractivity contribution is 5.28. The number of hydrogen-bond donors (Lipinski definition) is 0. The molecule has 0 aliphatic carbocycles. The number of aryl methyl sites for hydroxylation is 1. The minimum Gasteiger partial charge on any atom is -0.279 e. The molecule has 1 aliphatic heterocycles. The molecule has 1 atom stereocenters. The molecule has 1 aromatic heterocycles. The molecule has 1 fully saturated rings. The first-order valence-electron chi connectivity index (χ1n) is 7.15. The highest BCUT2D eigenvalue weighted by Gasteiger charge is 2.61. The first-order valence-corrected chi connectivity index (χ1v) is 7.15. The minimum atomic E-state index is -4.34. The Hall–Kier alpha value is -1.89. The van der Waals surface area contributed by atoms with Crippen molar-refractivity contribution in [2.24, 2.45) is 7.05 Å². The zero-order valence-corrected chi connectivity index (χ0v) is 12.2. The second kappa shape index (κ2) is 5.39. The van der Waals surface area contributed by atoms with Crippen LogP contribution in [0.2, 0.25) is 0 Å². The van der Waals surface area contributed by atoms with Gasteiger partial charge >= 0.3 is 6.18 Å². The number of halogens is 3. The highest BCUT2D eigenvalue weighted by atomic mass is 19.4. The lowest BCUT2D eigenvalue weighted by Gasteiger charge is -2.40. The molecule has 2 heterocycles. The largest absolute Gasteiger partial charge is 0.411 e. The topological polar surface area (TPSA) is 34.0 Å². The molecule has 1 aromatic carbocycles. The van der Waals surface area contributed by atoms with Crippen LogP contribution in [0.5, 0.6) is 0 Å². The third-order valence-electron chi connectivity index (χ3n) is 4.36. The van der Waals surface area contributed by atoms with Crippen molar-refractivity contribution in [3.63, 3.8) is 0 Å². The summed E-state index contributed by atoms with van der Waals surface area (Å²) in [6.45, 7) is 0.520. The molecule has 4 nitrogen and oxygen atoms in total. The number of alkyl halides is 3. The van der Waals surface area contributed by atoms with Gasteiger partial charge in [-0.25, -0.2) is 4.98 Å². The second-order valence-corrected chi connectivity index (χ2v) is 5.55. The van der Waals surface area contributed by atoms with Crippen molar-refractivity contribution >= 4 is 0 Å². The third kappa shape index (κ3) is 2.29. The van der Waals surface area contributed by atoms with Gasteiger partial charge in [-0.2, -0.15) is 18.3 Å². The van der Waals surface area contributed by atoms with E-state index in [-0.39, 0.29) is 13.0 Å². The average Bonchev–Trinajstić information content (AvgIpc) is 3.07. The van der Waals surface area contributed by atoms with E-state index < -0.39 is 11.7 Å². The molecule has 0 amide bonds. The predicted octanol–water partition coefficient (Wildman–Crippen LogP) is 2.87. The van der Waals surface area contributed by atoms with Crippen LogP contribution in [0, 0.1) is 0 Å². The normalized spacial score (nSPS) is 23.1. The van der Waals surface area contributed by atoms with Crippen molar-refractivity contribution in [1.82, 2.24) is 19.7 Å². The smallest absolute Gasteiger partial charge is 0.279 e. The summed E-state index contributed by atoms with van der Waals surface area (Å²) in [5, 5.41) is 3.94. The van der Waals surface area contributed by atoms with Crippen LogP contribution in [0.15, 0.2) is 36.7 Å². The Bertz CT molecular complexity index is 638. The second-order valence-electron chi connectivity index (χ2n) is 5.55. The lowest BCUT2D eigenvalue weighted by Crippen LogP contribution is -2.52. The molecule has 1 unspecified atom stereocenters. The highest BCUT2D eigenvalue weighted by Crippen LogP contribution is 2.50. The van der Waals surface area contributed by atoms with Crippen molar-refractivity contribution in [3.8, 4) is 0 Å². The van der Waals surface area contributed by atoms with Gasteiger partial charge in [-0.3, -0.25) is 9.58 Å². The predicted molar refractivity (Wildman–Crippen MR) is 74.8 cm³/mol. The summed E-state index contributed by atoms with van der Waals surface area (Å²) in [6, 6.07) is 8.16.